The van der Waals surface area contributed by atoms with E-state index in [2.05, 4.69) is 48.5 Å². The fourth-order valence-corrected chi connectivity index (χ4v) is 4.37. The van der Waals surface area contributed by atoms with Crippen LogP contribution in [0.15, 0.2) is 22.8 Å². The van der Waals surface area contributed by atoms with Crippen LogP contribution in [0.2, 0.25) is 0 Å². The lowest BCUT2D eigenvalue weighted by Crippen LogP contribution is -2.36. The monoisotopic (exact) mass is 500 g/mol. The number of aryl methyl sites for hydroxylation is 2. The molecule has 1 saturated heterocycles. The van der Waals surface area contributed by atoms with E-state index in [1.54, 1.807) is 7.05 Å². The van der Waals surface area contributed by atoms with E-state index >= 15 is 0 Å². The molecular formula is C23H29BrN6O2. The number of carbonyl (C=O) groups excluding carboxylic acids is 1. The molecule has 3 aromatic rings. The molecule has 32 heavy (non-hydrogen) atoms. The van der Waals surface area contributed by atoms with E-state index in [1.165, 1.54) is 0 Å². The van der Waals surface area contributed by atoms with Gasteiger partial charge in [-0.25, -0.2) is 9.97 Å². The fraction of sp³-hybridized carbons (Fsp3) is 0.435. The summed E-state index contributed by atoms with van der Waals surface area (Å²) in [6.07, 6.45) is 4.01. The SMILES string of the molecule is CNC(=O)COc1cc(C)c(-c2nc3c(NC4CCN(C)CC4)c(Br)cnc3[nH]2)cc1C. The average molecular weight is 501 g/mol. The molecule has 1 amide bonds. The lowest BCUT2D eigenvalue weighted by Gasteiger charge is -2.30. The number of pyridine rings is 1. The molecule has 0 spiro atoms. The number of likely N-dealkylation sites (tertiary alicyclic amines) is 1. The summed E-state index contributed by atoms with van der Waals surface area (Å²) in [5.74, 6) is 1.29. The Morgan fingerprint density at radius 2 is 2.03 bits per heavy atom. The Morgan fingerprint density at radius 1 is 1.28 bits per heavy atom. The van der Waals surface area contributed by atoms with E-state index in [9.17, 15) is 4.79 Å². The van der Waals surface area contributed by atoms with Crippen molar-refractivity contribution >= 4 is 38.7 Å². The maximum atomic E-state index is 11.5. The van der Waals surface area contributed by atoms with Crippen molar-refractivity contribution in [1.29, 1.82) is 0 Å². The Balaban J connectivity index is 1.64. The number of benzene rings is 1. The van der Waals surface area contributed by atoms with Gasteiger partial charge in [0.15, 0.2) is 12.3 Å². The van der Waals surface area contributed by atoms with Crippen LogP contribution >= 0.6 is 15.9 Å². The molecule has 0 atom stereocenters. The van der Waals surface area contributed by atoms with Crippen molar-refractivity contribution in [2.75, 3.05) is 39.1 Å². The van der Waals surface area contributed by atoms with E-state index in [-0.39, 0.29) is 12.5 Å². The highest BCUT2D eigenvalue weighted by Gasteiger charge is 2.21. The van der Waals surface area contributed by atoms with Crippen LogP contribution in [0.5, 0.6) is 5.75 Å². The summed E-state index contributed by atoms with van der Waals surface area (Å²) in [5, 5.41) is 6.26. The minimum atomic E-state index is -0.162. The number of likely N-dealkylation sites (N-methyl/N-ethyl adjacent to an activating group) is 1. The molecule has 1 aromatic carbocycles. The number of nitrogens with zero attached hydrogens (tertiary/aromatic N) is 3. The van der Waals surface area contributed by atoms with Crippen molar-refractivity contribution in [3.05, 3.63) is 33.9 Å². The zero-order valence-corrected chi connectivity index (χ0v) is 20.5. The number of nitrogens with one attached hydrogen (secondary N) is 3. The van der Waals surface area contributed by atoms with Crippen LogP contribution in [0.3, 0.4) is 0 Å². The first-order valence-corrected chi connectivity index (χ1v) is 11.6. The molecule has 0 bridgehead atoms. The molecule has 9 heteroatoms. The molecule has 3 N–H and O–H groups in total. The second-order valence-electron chi connectivity index (χ2n) is 8.38. The summed E-state index contributed by atoms with van der Waals surface area (Å²) in [6, 6.07) is 4.39. The first kappa shape index (κ1) is 22.5. The van der Waals surface area contributed by atoms with Gasteiger partial charge in [-0.3, -0.25) is 4.79 Å². The third-order valence-corrected chi connectivity index (χ3v) is 6.55. The maximum absolute atomic E-state index is 11.5. The molecule has 170 valence electrons. The van der Waals surface area contributed by atoms with Crippen molar-refractivity contribution in [3.63, 3.8) is 0 Å². The standard InChI is InChI=1S/C23H29BrN6O2/c1-13-10-18(32-12-19(31)25-3)14(2)9-16(13)22-28-21-20(17(24)11-26-23(21)29-22)27-15-5-7-30(4)8-6-15/h9-11,15H,5-8,12H2,1-4H3,(H,25,31)(H2,26,27,28,29). The summed E-state index contributed by atoms with van der Waals surface area (Å²) in [6.45, 7) is 6.14. The van der Waals surface area contributed by atoms with Crippen LogP contribution in [0, 0.1) is 13.8 Å². The number of H-pyrrole nitrogens is 1. The Bertz CT molecular complexity index is 1140. The van der Waals surface area contributed by atoms with Crippen LogP contribution in [0.25, 0.3) is 22.6 Å². The summed E-state index contributed by atoms with van der Waals surface area (Å²) < 4.78 is 6.58. The van der Waals surface area contributed by atoms with E-state index in [0.29, 0.717) is 11.8 Å². The van der Waals surface area contributed by atoms with E-state index < -0.39 is 0 Å². The van der Waals surface area contributed by atoms with Crippen LogP contribution in [0.1, 0.15) is 24.0 Å². The molecule has 1 fully saturated rings. The molecule has 0 radical (unpaired) electrons. The number of halogens is 1. The quantitative estimate of drug-likeness (QED) is 0.478. The minimum Gasteiger partial charge on any atom is -0.483 e. The highest BCUT2D eigenvalue weighted by Crippen LogP contribution is 2.34. The third kappa shape index (κ3) is 4.73. The molecule has 2 aromatic heterocycles. The van der Waals surface area contributed by atoms with Gasteiger partial charge in [-0.15, -0.1) is 0 Å². The van der Waals surface area contributed by atoms with Gasteiger partial charge in [0, 0.05) is 24.8 Å². The number of hydrogen-bond donors (Lipinski definition) is 3. The largest absolute Gasteiger partial charge is 0.483 e. The zero-order valence-electron chi connectivity index (χ0n) is 18.9. The number of amides is 1. The second-order valence-corrected chi connectivity index (χ2v) is 9.23. The summed E-state index contributed by atoms with van der Waals surface area (Å²) in [5.41, 5.74) is 5.47. The highest BCUT2D eigenvalue weighted by atomic mass is 79.9. The topological polar surface area (TPSA) is 95.2 Å². The summed E-state index contributed by atoms with van der Waals surface area (Å²) in [4.78, 5) is 26.7. The Morgan fingerprint density at radius 3 is 2.75 bits per heavy atom. The molecular weight excluding hydrogens is 472 g/mol. The lowest BCUT2D eigenvalue weighted by atomic mass is 10.0. The number of piperidine rings is 1. The predicted molar refractivity (Wildman–Crippen MR) is 130 cm³/mol. The molecule has 0 saturated carbocycles. The number of imidazole rings is 1. The molecule has 1 aliphatic heterocycles. The number of aromatic amines is 1. The fourth-order valence-electron chi connectivity index (χ4n) is 3.97. The van der Waals surface area contributed by atoms with E-state index in [4.69, 9.17) is 9.72 Å². The van der Waals surface area contributed by atoms with Gasteiger partial charge in [0.25, 0.3) is 5.91 Å². The van der Waals surface area contributed by atoms with Crippen molar-refractivity contribution in [2.24, 2.45) is 0 Å². The first-order valence-electron chi connectivity index (χ1n) is 10.8. The molecule has 0 aliphatic carbocycles. The summed E-state index contributed by atoms with van der Waals surface area (Å²) >= 11 is 3.65. The van der Waals surface area contributed by atoms with Crippen molar-refractivity contribution in [3.8, 4) is 17.1 Å². The maximum Gasteiger partial charge on any atom is 0.257 e. The van der Waals surface area contributed by atoms with E-state index in [1.807, 2.05) is 32.2 Å². The minimum absolute atomic E-state index is 0.00923. The van der Waals surface area contributed by atoms with E-state index in [0.717, 1.165) is 69.8 Å². The third-order valence-electron chi connectivity index (χ3n) is 5.95. The molecule has 0 unspecified atom stereocenters. The number of aromatic nitrogens is 3. The van der Waals surface area contributed by atoms with Gasteiger partial charge in [-0.05, 0) is 86.0 Å². The van der Waals surface area contributed by atoms with Crippen LogP contribution in [0.4, 0.5) is 5.69 Å². The smallest absolute Gasteiger partial charge is 0.257 e. The Kier molecular flexibility index (Phi) is 6.66. The van der Waals surface area contributed by atoms with Crippen LogP contribution in [-0.2, 0) is 4.79 Å². The van der Waals surface area contributed by atoms with Gasteiger partial charge in [-0.2, -0.15) is 0 Å². The summed E-state index contributed by atoms with van der Waals surface area (Å²) in [7, 11) is 3.76. The van der Waals surface area contributed by atoms with Crippen molar-refractivity contribution in [2.45, 2.75) is 32.7 Å². The molecule has 3 heterocycles. The number of anilines is 1. The highest BCUT2D eigenvalue weighted by molar-refractivity contribution is 9.10. The number of rotatable bonds is 6. The average Bonchev–Trinajstić information content (AvgIpc) is 3.21. The van der Waals surface area contributed by atoms with Gasteiger partial charge in [-0.1, -0.05) is 0 Å². The number of hydrogen-bond acceptors (Lipinski definition) is 6. The van der Waals surface area contributed by atoms with Gasteiger partial charge >= 0.3 is 0 Å². The predicted octanol–water partition coefficient (Wildman–Crippen LogP) is 3.64. The van der Waals surface area contributed by atoms with Gasteiger partial charge in [0.1, 0.15) is 17.1 Å². The normalized spacial score (nSPS) is 15.2. The number of carbonyl (C=O) groups is 1. The van der Waals surface area contributed by atoms with Crippen molar-refractivity contribution < 1.29 is 9.53 Å². The molecule has 4 rings (SSSR count). The zero-order chi connectivity index (χ0) is 22.8. The Hall–Kier alpha value is -2.65. The lowest BCUT2D eigenvalue weighted by molar-refractivity contribution is -0.122. The van der Waals surface area contributed by atoms with Gasteiger partial charge in [0.05, 0.1) is 10.2 Å². The van der Waals surface area contributed by atoms with Gasteiger partial charge in [0.2, 0.25) is 0 Å². The Labute approximate surface area is 196 Å². The first-order chi connectivity index (χ1) is 15.4. The van der Waals surface area contributed by atoms with Crippen LogP contribution < -0.4 is 15.4 Å². The number of ether oxygens (including phenoxy) is 1. The molecule has 1 aliphatic rings. The number of fused-ring (bicyclic) bond motifs is 1. The molecule has 8 nitrogen and oxygen atoms in total. The second kappa shape index (κ2) is 9.46. The van der Waals surface area contributed by atoms with Crippen LogP contribution in [-0.4, -0.2) is 65.6 Å². The van der Waals surface area contributed by atoms with Crippen molar-refractivity contribution in [1.82, 2.24) is 25.2 Å². The van der Waals surface area contributed by atoms with Gasteiger partial charge < -0.3 is 25.3 Å².